The largest absolute Gasteiger partial charge is 0.546 e. The maximum absolute atomic E-state index is 12.2. The van der Waals surface area contributed by atoms with Crippen LogP contribution in [0.4, 0.5) is 0 Å². The summed E-state index contributed by atoms with van der Waals surface area (Å²) >= 11 is 0. The van der Waals surface area contributed by atoms with Crippen LogP contribution in [0, 0.1) is 0 Å². The lowest BCUT2D eigenvalue weighted by atomic mass is 10.1. The van der Waals surface area contributed by atoms with Crippen molar-refractivity contribution in [3.8, 4) is 11.5 Å². The molecule has 0 atom stereocenters. The first-order valence-corrected chi connectivity index (χ1v) is 7.97. The van der Waals surface area contributed by atoms with E-state index in [0.29, 0.717) is 29.2 Å². The lowest BCUT2D eigenvalue weighted by Crippen LogP contribution is -2.28. The molecule has 0 fully saturated rings. The Hall–Kier alpha value is -3.35. The number of rotatable bonds is 8. The van der Waals surface area contributed by atoms with Crippen molar-refractivity contribution in [2.45, 2.75) is 13.3 Å². The van der Waals surface area contributed by atoms with Crippen LogP contribution in [-0.2, 0) is 4.79 Å². The Kier molecular flexibility index (Phi) is 6.73. The number of carbonyl (C=O) groups excluding carboxylic acids is 2. The smallest absolute Gasteiger partial charge is 0.271 e. The Bertz CT molecular complexity index is 783. The molecule has 0 aliphatic carbocycles. The van der Waals surface area contributed by atoms with E-state index in [9.17, 15) is 14.7 Å². The van der Waals surface area contributed by atoms with Crippen LogP contribution in [0.5, 0.6) is 11.5 Å². The topological polar surface area (TPSA) is 100 Å². The van der Waals surface area contributed by atoms with Gasteiger partial charge in [0.25, 0.3) is 5.91 Å². The molecule has 0 aliphatic heterocycles. The summed E-state index contributed by atoms with van der Waals surface area (Å²) in [5, 5.41) is 14.6. The Morgan fingerprint density at radius 1 is 1.00 bits per heavy atom. The molecule has 0 saturated carbocycles. The van der Waals surface area contributed by atoms with Crippen molar-refractivity contribution in [2.75, 3.05) is 13.7 Å². The number of nitrogens with one attached hydrogen (secondary N) is 1. The molecule has 2 aromatic carbocycles. The van der Waals surface area contributed by atoms with Crippen LogP contribution in [-0.4, -0.2) is 31.3 Å². The average molecular weight is 355 g/mol. The third-order valence-electron chi connectivity index (χ3n) is 3.52. The SMILES string of the molecule is CC/C(=N/NC(=O)c1ccc(OC)cc1)c1ccc(OCC(=O)[O-])cc1. The number of amides is 1. The molecule has 0 bridgehead atoms. The molecule has 0 aromatic heterocycles. The number of methoxy groups -OCH3 is 1. The van der Waals surface area contributed by atoms with Crippen LogP contribution in [0.25, 0.3) is 0 Å². The molecule has 136 valence electrons. The molecule has 0 heterocycles. The zero-order valence-corrected chi connectivity index (χ0v) is 14.5. The van der Waals surface area contributed by atoms with E-state index < -0.39 is 12.6 Å². The van der Waals surface area contributed by atoms with E-state index in [-0.39, 0.29) is 5.91 Å². The zero-order chi connectivity index (χ0) is 18.9. The summed E-state index contributed by atoms with van der Waals surface area (Å²) in [6, 6.07) is 13.5. The number of hydrazone groups is 1. The maximum Gasteiger partial charge on any atom is 0.271 e. The number of carboxylic acids is 1. The van der Waals surface area contributed by atoms with Crippen molar-refractivity contribution in [1.82, 2.24) is 5.43 Å². The monoisotopic (exact) mass is 355 g/mol. The molecule has 0 radical (unpaired) electrons. The quantitative estimate of drug-likeness (QED) is 0.569. The lowest BCUT2D eigenvalue weighted by molar-refractivity contribution is -0.307. The summed E-state index contributed by atoms with van der Waals surface area (Å²) in [7, 11) is 1.56. The number of carbonyl (C=O) groups is 2. The number of benzene rings is 2. The predicted molar refractivity (Wildman–Crippen MR) is 94.2 cm³/mol. The standard InChI is InChI=1S/C19H20N2O5/c1-3-17(13-4-10-16(11-5-13)26-12-18(22)23)20-21-19(24)14-6-8-15(25-2)9-7-14/h4-11H,3,12H2,1-2H3,(H,21,24)(H,22,23)/p-1/b20-17-. The first kappa shape index (κ1) is 19.0. The van der Waals surface area contributed by atoms with Crippen LogP contribution in [0.3, 0.4) is 0 Å². The van der Waals surface area contributed by atoms with Gasteiger partial charge in [-0.2, -0.15) is 5.10 Å². The van der Waals surface area contributed by atoms with Gasteiger partial charge in [0.2, 0.25) is 0 Å². The van der Waals surface area contributed by atoms with E-state index in [1.165, 1.54) is 0 Å². The molecule has 2 rings (SSSR count). The van der Waals surface area contributed by atoms with Crippen molar-refractivity contribution in [1.29, 1.82) is 0 Å². The molecule has 0 saturated heterocycles. The number of nitrogens with zero attached hydrogens (tertiary/aromatic N) is 1. The maximum atomic E-state index is 12.2. The van der Waals surface area contributed by atoms with Gasteiger partial charge < -0.3 is 19.4 Å². The third kappa shape index (κ3) is 5.34. The average Bonchev–Trinajstić information content (AvgIpc) is 2.67. The van der Waals surface area contributed by atoms with Gasteiger partial charge in [0.15, 0.2) is 0 Å². The molecule has 2 aromatic rings. The second-order valence-corrected chi connectivity index (χ2v) is 5.27. The van der Waals surface area contributed by atoms with Gasteiger partial charge in [-0.3, -0.25) is 4.79 Å². The van der Waals surface area contributed by atoms with Gasteiger partial charge in [-0.15, -0.1) is 0 Å². The van der Waals surface area contributed by atoms with Crippen molar-refractivity contribution in [3.63, 3.8) is 0 Å². The number of aliphatic carboxylic acids is 1. The number of ether oxygens (including phenoxy) is 2. The van der Waals surface area contributed by atoms with Gasteiger partial charge in [-0.1, -0.05) is 6.92 Å². The van der Waals surface area contributed by atoms with Gasteiger partial charge in [0.05, 0.1) is 18.8 Å². The summed E-state index contributed by atoms with van der Waals surface area (Å²) in [6.07, 6.45) is 0.599. The second-order valence-electron chi connectivity index (χ2n) is 5.27. The molecule has 7 nitrogen and oxygen atoms in total. The highest BCUT2D eigenvalue weighted by molar-refractivity contribution is 6.02. The second kappa shape index (κ2) is 9.22. The van der Waals surface area contributed by atoms with Gasteiger partial charge in [0.1, 0.15) is 18.1 Å². The predicted octanol–water partition coefficient (Wildman–Crippen LogP) is 1.37. The number of carboxylic acid groups (broad SMARTS) is 1. The molecular weight excluding hydrogens is 336 g/mol. The lowest BCUT2D eigenvalue weighted by Gasteiger charge is -2.09. The Labute approximate surface area is 151 Å². The van der Waals surface area contributed by atoms with Crippen LogP contribution < -0.4 is 20.0 Å². The fraction of sp³-hybridized carbons (Fsp3) is 0.211. The van der Waals surface area contributed by atoms with Crippen molar-refractivity contribution >= 4 is 17.6 Å². The van der Waals surface area contributed by atoms with Crippen LogP contribution >= 0.6 is 0 Å². The molecule has 26 heavy (non-hydrogen) atoms. The van der Waals surface area contributed by atoms with E-state index in [2.05, 4.69) is 10.5 Å². The highest BCUT2D eigenvalue weighted by Crippen LogP contribution is 2.14. The van der Waals surface area contributed by atoms with Crippen molar-refractivity contribution < 1.29 is 24.2 Å². The fourth-order valence-electron chi connectivity index (χ4n) is 2.16. The minimum absolute atomic E-state index is 0.326. The molecule has 1 N–H and O–H groups in total. The van der Waals surface area contributed by atoms with E-state index in [1.54, 1.807) is 55.6 Å². The van der Waals surface area contributed by atoms with Crippen molar-refractivity contribution in [2.24, 2.45) is 5.10 Å². The summed E-state index contributed by atoms with van der Waals surface area (Å²) in [5.74, 6) is -0.533. The Balaban J connectivity index is 2.04. The molecular formula is C19H19N2O5-. The highest BCUT2D eigenvalue weighted by atomic mass is 16.5. The van der Waals surface area contributed by atoms with Crippen molar-refractivity contribution in [3.05, 3.63) is 59.7 Å². The van der Waals surface area contributed by atoms with E-state index >= 15 is 0 Å². The molecule has 1 amide bonds. The van der Waals surface area contributed by atoms with Gasteiger partial charge in [-0.05, 0) is 60.5 Å². The Morgan fingerprint density at radius 3 is 2.12 bits per heavy atom. The Morgan fingerprint density at radius 2 is 1.58 bits per heavy atom. The minimum atomic E-state index is -1.29. The number of hydrogen-bond acceptors (Lipinski definition) is 6. The van der Waals surface area contributed by atoms with Gasteiger partial charge in [0, 0.05) is 5.56 Å². The van der Waals surface area contributed by atoms with Gasteiger partial charge in [-0.25, -0.2) is 5.43 Å². The summed E-state index contributed by atoms with van der Waals surface area (Å²) in [5.41, 5.74) is 4.47. The van der Waals surface area contributed by atoms with E-state index in [4.69, 9.17) is 9.47 Å². The summed E-state index contributed by atoms with van der Waals surface area (Å²) in [6.45, 7) is 1.41. The fourth-order valence-corrected chi connectivity index (χ4v) is 2.16. The molecule has 0 aliphatic rings. The molecule has 7 heteroatoms. The summed E-state index contributed by atoms with van der Waals surface area (Å²) < 4.78 is 10.1. The first-order chi connectivity index (χ1) is 12.5. The third-order valence-corrected chi connectivity index (χ3v) is 3.52. The van der Waals surface area contributed by atoms with Crippen LogP contribution in [0.2, 0.25) is 0 Å². The minimum Gasteiger partial charge on any atom is -0.546 e. The van der Waals surface area contributed by atoms with E-state index in [1.807, 2.05) is 6.92 Å². The molecule has 0 spiro atoms. The summed E-state index contributed by atoms with van der Waals surface area (Å²) in [4.78, 5) is 22.6. The first-order valence-electron chi connectivity index (χ1n) is 7.97. The number of hydrogen-bond donors (Lipinski definition) is 1. The van der Waals surface area contributed by atoms with E-state index in [0.717, 1.165) is 5.56 Å². The van der Waals surface area contributed by atoms with Crippen LogP contribution in [0.15, 0.2) is 53.6 Å². The molecule has 0 unspecified atom stereocenters. The zero-order valence-electron chi connectivity index (χ0n) is 14.5. The normalized spacial score (nSPS) is 10.9. The van der Waals surface area contributed by atoms with Gasteiger partial charge >= 0.3 is 0 Å². The van der Waals surface area contributed by atoms with Crippen LogP contribution in [0.1, 0.15) is 29.3 Å². The highest BCUT2D eigenvalue weighted by Gasteiger charge is 2.07.